The first-order chi connectivity index (χ1) is 17.8. The highest BCUT2D eigenvalue weighted by Gasteiger charge is 2.22. The lowest BCUT2D eigenvalue weighted by Crippen LogP contribution is -2.27. The number of hydrogen-bond donors (Lipinski definition) is 3. The van der Waals surface area contributed by atoms with Crippen LogP contribution in [0.1, 0.15) is 40.7 Å². The van der Waals surface area contributed by atoms with Gasteiger partial charge < -0.3 is 20.6 Å². The molecule has 0 radical (unpaired) electrons. The summed E-state index contributed by atoms with van der Waals surface area (Å²) in [6.45, 7) is 9.20. The fourth-order valence-electron chi connectivity index (χ4n) is 4.88. The van der Waals surface area contributed by atoms with Gasteiger partial charge in [-0.3, -0.25) is 9.48 Å². The van der Waals surface area contributed by atoms with Crippen molar-refractivity contribution in [3.05, 3.63) is 65.1 Å². The summed E-state index contributed by atoms with van der Waals surface area (Å²) in [6.07, 6.45) is 2.87. The molecule has 0 bridgehead atoms. The molecule has 9 nitrogen and oxygen atoms in total. The van der Waals surface area contributed by atoms with E-state index in [1.807, 2.05) is 37.6 Å². The van der Waals surface area contributed by atoms with Crippen molar-refractivity contribution < 1.29 is 9.90 Å². The van der Waals surface area contributed by atoms with Crippen molar-refractivity contribution in [2.75, 3.05) is 25.5 Å². The van der Waals surface area contributed by atoms with E-state index < -0.39 is 0 Å². The van der Waals surface area contributed by atoms with Crippen molar-refractivity contribution in [1.82, 2.24) is 30.0 Å². The molecular formula is C28H33N7O2. The number of phenolic OH excluding ortho intramolecular Hbond substituents is 1. The Kier molecular flexibility index (Phi) is 6.80. The third kappa shape index (κ3) is 5.13. The van der Waals surface area contributed by atoms with Gasteiger partial charge in [-0.05, 0) is 75.7 Å². The number of benzene rings is 2. The number of phenols is 1. The van der Waals surface area contributed by atoms with Gasteiger partial charge in [0.2, 0.25) is 0 Å². The molecule has 0 saturated carbocycles. The lowest BCUT2D eigenvalue weighted by molar-refractivity contribution is 0.0781. The van der Waals surface area contributed by atoms with Crippen LogP contribution in [-0.2, 0) is 13.1 Å². The van der Waals surface area contributed by atoms with Crippen molar-refractivity contribution >= 4 is 22.5 Å². The number of fused-ring (bicyclic) bond motifs is 1. The monoisotopic (exact) mass is 499 g/mol. The average Bonchev–Trinajstić information content (AvgIpc) is 3.52. The highest BCUT2D eigenvalue weighted by atomic mass is 16.3. The number of amides is 1. The summed E-state index contributed by atoms with van der Waals surface area (Å²) in [6, 6.07) is 11.4. The molecule has 2 aromatic carbocycles. The number of aromatic hydroxyl groups is 1. The molecule has 1 saturated heterocycles. The summed E-state index contributed by atoms with van der Waals surface area (Å²) in [4.78, 5) is 24.9. The minimum atomic E-state index is -0.245. The second-order valence-corrected chi connectivity index (χ2v) is 9.75. The maximum absolute atomic E-state index is 13.7. The topological polar surface area (TPSA) is 108 Å². The predicted molar refractivity (Wildman–Crippen MR) is 145 cm³/mol. The number of nitrogens with zero attached hydrogens (tertiary/aromatic N) is 5. The standard InChI is InChI=1S/C28H33N7O2/c1-5-35-18(3)20(14-30-35)16-34(4)28(37)26-24-13-23(36)6-7-25(24)32-27(33-26)19-10-17(2)11-22(12-19)31-21-8-9-29-15-21/h6-7,10-14,21,29,31,36H,5,8-9,15-16H2,1-4H3/t21-/m0/s1. The molecule has 1 atom stereocenters. The van der Waals surface area contributed by atoms with E-state index in [0.29, 0.717) is 29.3 Å². The van der Waals surface area contributed by atoms with E-state index in [4.69, 9.17) is 9.97 Å². The Morgan fingerprint density at radius 3 is 2.78 bits per heavy atom. The van der Waals surface area contributed by atoms with Gasteiger partial charge in [-0.1, -0.05) is 0 Å². The van der Waals surface area contributed by atoms with Gasteiger partial charge in [-0.25, -0.2) is 9.97 Å². The van der Waals surface area contributed by atoms with Crippen LogP contribution in [-0.4, -0.2) is 61.8 Å². The van der Waals surface area contributed by atoms with Crippen molar-refractivity contribution in [2.45, 2.75) is 46.3 Å². The lowest BCUT2D eigenvalue weighted by atomic mass is 10.1. The number of rotatable bonds is 7. The Labute approximate surface area is 216 Å². The molecule has 1 amide bonds. The predicted octanol–water partition coefficient (Wildman–Crippen LogP) is 3.88. The van der Waals surface area contributed by atoms with Crippen LogP contribution in [0, 0.1) is 13.8 Å². The molecule has 3 heterocycles. The van der Waals surface area contributed by atoms with Gasteiger partial charge in [0.15, 0.2) is 5.82 Å². The third-order valence-corrected chi connectivity index (χ3v) is 6.91. The fourth-order valence-corrected chi connectivity index (χ4v) is 4.88. The van der Waals surface area contributed by atoms with Crippen LogP contribution in [0.15, 0.2) is 42.6 Å². The largest absolute Gasteiger partial charge is 0.508 e. The first-order valence-electron chi connectivity index (χ1n) is 12.7. The zero-order chi connectivity index (χ0) is 26.1. The van der Waals surface area contributed by atoms with Gasteiger partial charge in [0.25, 0.3) is 5.91 Å². The second kappa shape index (κ2) is 10.2. The van der Waals surface area contributed by atoms with E-state index >= 15 is 0 Å². The van der Waals surface area contributed by atoms with Crippen LogP contribution in [0.25, 0.3) is 22.3 Å². The molecule has 1 aliphatic rings. The molecule has 5 rings (SSSR count). The quantitative estimate of drug-likeness (QED) is 0.354. The smallest absolute Gasteiger partial charge is 0.273 e. The SMILES string of the molecule is CCn1ncc(CN(C)C(=O)c2nc(-c3cc(C)cc(N[C@H]4CCNC4)c3)nc3ccc(O)cc23)c1C. The molecule has 4 aromatic rings. The number of anilines is 1. The van der Waals surface area contributed by atoms with Crippen LogP contribution in [0.3, 0.4) is 0 Å². The van der Waals surface area contributed by atoms with E-state index in [-0.39, 0.29) is 17.4 Å². The minimum absolute atomic E-state index is 0.0628. The van der Waals surface area contributed by atoms with Gasteiger partial charge in [-0.2, -0.15) is 5.10 Å². The highest BCUT2D eigenvalue weighted by Crippen LogP contribution is 2.28. The van der Waals surface area contributed by atoms with E-state index in [0.717, 1.165) is 54.1 Å². The molecule has 1 aliphatic heterocycles. The first kappa shape index (κ1) is 24.7. The molecule has 37 heavy (non-hydrogen) atoms. The van der Waals surface area contributed by atoms with Gasteiger partial charge in [-0.15, -0.1) is 0 Å². The van der Waals surface area contributed by atoms with Gasteiger partial charge in [0, 0.05) is 60.6 Å². The average molecular weight is 500 g/mol. The number of carbonyl (C=O) groups excluding carboxylic acids is 1. The van der Waals surface area contributed by atoms with Crippen LogP contribution < -0.4 is 10.6 Å². The number of aromatic nitrogens is 4. The highest BCUT2D eigenvalue weighted by molar-refractivity contribution is 6.05. The number of carbonyl (C=O) groups is 1. The van der Waals surface area contributed by atoms with Gasteiger partial charge in [0.05, 0.1) is 11.7 Å². The minimum Gasteiger partial charge on any atom is -0.508 e. The van der Waals surface area contributed by atoms with Gasteiger partial charge in [0.1, 0.15) is 11.4 Å². The van der Waals surface area contributed by atoms with Crippen LogP contribution in [0.4, 0.5) is 5.69 Å². The maximum Gasteiger partial charge on any atom is 0.273 e. The Bertz CT molecular complexity index is 1460. The zero-order valence-electron chi connectivity index (χ0n) is 21.7. The summed E-state index contributed by atoms with van der Waals surface area (Å²) < 4.78 is 1.91. The summed E-state index contributed by atoms with van der Waals surface area (Å²) >= 11 is 0. The first-order valence-corrected chi connectivity index (χ1v) is 12.7. The van der Waals surface area contributed by atoms with Gasteiger partial charge >= 0.3 is 0 Å². The van der Waals surface area contributed by atoms with Crippen molar-refractivity contribution in [1.29, 1.82) is 0 Å². The molecule has 0 aliphatic carbocycles. The molecular weight excluding hydrogens is 466 g/mol. The Morgan fingerprint density at radius 1 is 1.22 bits per heavy atom. The summed E-state index contributed by atoms with van der Waals surface area (Å²) in [5.41, 5.74) is 5.79. The maximum atomic E-state index is 13.7. The Hall–Kier alpha value is -3.98. The van der Waals surface area contributed by atoms with Crippen molar-refractivity contribution in [3.63, 3.8) is 0 Å². The third-order valence-electron chi connectivity index (χ3n) is 6.91. The van der Waals surface area contributed by atoms with E-state index in [9.17, 15) is 9.90 Å². The van der Waals surface area contributed by atoms with Crippen LogP contribution >= 0.6 is 0 Å². The summed E-state index contributed by atoms with van der Waals surface area (Å²) in [7, 11) is 1.76. The summed E-state index contributed by atoms with van der Waals surface area (Å²) in [5.74, 6) is 0.292. The van der Waals surface area contributed by atoms with E-state index in [1.54, 1.807) is 36.3 Å². The molecule has 1 fully saturated rings. The normalized spacial score (nSPS) is 15.3. The molecule has 0 unspecified atom stereocenters. The Balaban J connectivity index is 1.53. The molecule has 192 valence electrons. The second-order valence-electron chi connectivity index (χ2n) is 9.75. The zero-order valence-corrected chi connectivity index (χ0v) is 21.7. The number of nitrogens with one attached hydrogen (secondary N) is 2. The Morgan fingerprint density at radius 2 is 2.05 bits per heavy atom. The van der Waals surface area contributed by atoms with Crippen LogP contribution in [0.5, 0.6) is 5.75 Å². The van der Waals surface area contributed by atoms with Crippen molar-refractivity contribution in [2.24, 2.45) is 0 Å². The molecule has 9 heteroatoms. The van der Waals surface area contributed by atoms with E-state index in [1.165, 1.54) is 0 Å². The van der Waals surface area contributed by atoms with E-state index in [2.05, 4.69) is 21.8 Å². The van der Waals surface area contributed by atoms with Crippen molar-refractivity contribution in [3.8, 4) is 17.1 Å². The lowest BCUT2D eigenvalue weighted by Gasteiger charge is -2.19. The number of hydrogen-bond acceptors (Lipinski definition) is 7. The summed E-state index contributed by atoms with van der Waals surface area (Å²) in [5, 5.41) is 22.1. The molecule has 3 N–H and O–H groups in total. The molecule has 2 aromatic heterocycles. The van der Waals surface area contributed by atoms with Crippen LogP contribution in [0.2, 0.25) is 0 Å². The number of aryl methyl sites for hydroxylation is 2. The molecule has 0 spiro atoms. The fraction of sp³-hybridized carbons (Fsp3) is 0.357.